The summed E-state index contributed by atoms with van der Waals surface area (Å²) in [4.78, 5) is 8.69. The number of aromatic nitrogens is 2. The highest BCUT2D eigenvalue weighted by molar-refractivity contribution is 6.30. The molecule has 0 spiro atoms. The summed E-state index contributed by atoms with van der Waals surface area (Å²) in [6, 6.07) is 0.371. The topological polar surface area (TPSA) is 37.8 Å². The standard InChI is InChI=1S/C13H22ClN3/c1-5-6-15-10(4)12(9(2)3)13-16-7-11(14)8-17-13/h7-10,12,15H,5-6H2,1-4H3. The van der Waals surface area contributed by atoms with Crippen LogP contribution in [-0.2, 0) is 0 Å². The third-order valence-electron chi connectivity index (χ3n) is 2.91. The van der Waals surface area contributed by atoms with E-state index in [9.17, 15) is 0 Å². The molecule has 0 aromatic carbocycles. The van der Waals surface area contributed by atoms with Crippen molar-refractivity contribution in [2.75, 3.05) is 6.54 Å². The number of nitrogens with zero attached hydrogens (tertiary/aromatic N) is 2. The predicted octanol–water partition coefficient (Wildman–Crippen LogP) is 3.26. The number of nitrogens with one attached hydrogen (secondary N) is 1. The van der Waals surface area contributed by atoms with Crippen LogP contribution in [0.1, 0.15) is 45.9 Å². The Bertz CT molecular complexity index is 324. The van der Waals surface area contributed by atoms with Gasteiger partial charge in [-0.2, -0.15) is 0 Å². The van der Waals surface area contributed by atoms with Crippen LogP contribution in [-0.4, -0.2) is 22.6 Å². The Morgan fingerprint density at radius 3 is 2.29 bits per heavy atom. The maximum atomic E-state index is 5.82. The van der Waals surface area contributed by atoms with Crippen LogP contribution in [0.4, 0.5) is 0 Å². The number of rotatable bonds is 6. The Morgan fingerprint density at radius 2 is 1.82 bits per heavy atom. The maximum Gasteiger partial charge on any atom is 0.133 e. The van der Waals surface area contributed by atoms with Crippen molar-refractivity contribution >= 4 is 11.6 Å². The molecule has 0 saturated carbocycles. The molecule has 0 bridgehead atoms. The van der Waals surface area contributed by atoms with Crippen molar-refractivity contribution in [1.82, 2.24) is 15.3 Å². The second kappa shape index (κ2) is 6.92. The van der Waals surface area contributed by atoms with Gasteiger partial charge >= 0.3 is 0 Å². The van der Waals surface area contributed by atoms with Gasteiger partial charge in [-0.05, 0) is 25.8 Å². The van der Waals surface area contributed by atoms with Crippen LogP contribution in [0.2, 0.25) is 5.02 Å². The molecule has 0 amide bonds. The minimum atomic E-state index is 0.318. The SMILES string of the molecule is CCCNC(C)C(c1ncc(Cl)cn1)C(C)C. The molecule has 3 nitrogen and oxygen atoms in total. The van der Waals surface area contributed by atoms with Crippen LogP contribution in [0.5, 0.6) is 0 Å². The average molecular weight is 256 g/mol. The zero-order valence-corrected chi connectivity index (χ0v) is 11.8. The van der Waals surface area contributed by atoms with E-state index >= 15 is 0 Å². The summed E-state index contributed by atoms with van der Waals surface area (Å²) in [5, 5.41) is 4.10. The minimum Gasteiger partial charge on any atom is -0.314 e. The normalized spacial score (nSPS) is 14.9. The van der Waals surface area contributed by atoms with Gasteiger partial charge in [-0.1, -0.05) is 32.4 Å². The van der Waals surface area contributed by atoms with E-state index in [2.05, 4.69) is 43.0 Å². The molecule has 2 atom stereocenters. The first-order valence-electron chi connectivity index (χ1n) is 6.27. The summed E-state index contributed by atoms with van der Waals surface area (Å²) < 4.78 is 0. The second-order valence-electron chi connectivity index (χ2n) is 4.77. The summed E-state index contributed by atoms with van der Waals surface area (Å²) >= 11 is 5.82. The van der Waals surface area contributed by atoms with E-state index in [1.165, 1.54) is 0 Å². The first-order valence-corrected chi connectivity index (χ1v) is 6.64. The van der Waals surface area contributed by atoms with Crippen molar-refractivity contribution in [2.45, 2.75) is 46.1 Å². The van der Waals surface area contributed by atoms with Crippen LogP contribution in [0, 0.1) is 5.92 Å². The van der Waals surface area contributed by atoms with Gasteiger partial charge in [-0.3, -0.25) is 0 Å². The lowest BCUT2D eigenvalue weighted by molar-refractivity contribution is 0.363. The minimum absolute atomic E-state index is 0.318. The Balaban J connectivity index is 2.81. The molecular weight excluding hydrogens is 234 g/mol. The van der Waals surface area contributed by atoms with E-state index in [0.29, 0.717) is 22.9 Å². The molecule has 0 radical (unpaired) electrons. The molecule has 17 heavy (non-hydrogen) atoms. The van der Waals surface area contributed by atoms with Gasteiger partial charge in [0, 0.05) is 24.4 Å². The molecule has 1 N–H and O–H groups in total. The van der Waals surface area contributed by atoms with Gasteiger partial charge in [-0.25, -0.2) is 9.97 Å². The third-order valence-corrected chi connectivity index (χ3v) is 3.11. The fourth-order valence-corrected chi connectivity index (χ4v) is 2.19. The van der Waals surface area contributed by atoms with E-state index in [0.717, 1.165) is 18.8 Å². The van der Waals surface area contributed by atoms with Crippen LogP contribution in [0.3, 0.4) is 0 Å². The van der Waals surface area contributed by atoms with Crippen molar-refractivity contribution in [3.05, 3.63) is 23.2 Å². The molecule has 1 rings (SSSR count). The van der Waals surface area contributed by atoms with Crippen LogP contribution < -0.4 is 5.32 Å². The van der Waals surface area contributed by atoms with Crippen molar-refractivity contribution in [3.63, 3.8) is 0 Å². The van der Waals surface area contributed by atoms with E-state index in [4.69, 9.17) is 11.6 Å². The highest BCUT2D eigenvalue weighted by atomic mass is 35.5. The van der Waals surface area contributed by atoms with Gasteiger partial charge in [-0.15, -0.1) is 0 Å². The largest absolute Gasteiger partial charge is 0.314 e. The highest BCUT2D eigenvalue weighted by Crippen LogP contribution is 2.25. The number of halogens is 1. The molecule has 0 saturated heterocycles. The lowest BCUT2D eigenvalue weighted by Crippen LogP contribution is -2.36. The van der Waals surface area contributed by atoms with Crippen molar-refractivity contribution in [3.8, 4) is 0 Å². The molecule has 0 fully saturated rings. The van der Waals surface area contributed by atoms with Gasteiger partial charge in [0.15, 0.2) is 0 Å². The van der Waals surface area contributed by atoms with Crippen LogP contribution in [0.25, 0.3) is 0 Å². The third kappa shape index (κ3) is 4.25. The molecule has 0 aliphatic heterocycles. The average Bonchev–Trinajstić information content (AvgIpc) is 2.29. The molecule has 0 aliphatic rings. The molecule has 1 aromatic heterocycles. The van der Waals surface area contributed by atoms with Gasteiger partial charge in [0.2, 0.25) is 0 Å². The van der Waals surface area contributed by atoms with Crippen LogP contribution >= 0.6 is 11.6 Å². The summed E-state index contributed by atoms with van der Waals surface area (Å²) in [5.74, 6) is 1.69. The van der Waals surface area contributed by atoms with E-state index in [-0.39, 0.29) is 0 Å². The summed E-state index contributed by atoms with van der Waals surface area (Å²) in [6.07, 6.45) is 4.48. The van der Waals surface area contributed by atoms with Crippen molar-refractivity contribution in [2.24, 2.45) is 5.92 Å². The molecule has 1 heterocycles. The van der Waals surface area contributed by atoms with E-state index in [1.54, 1.807) is 12.4 Å². The lowest BCUT2D eigenvalue weighted by atomic mass is 9.88. The Hall–Kier alpha value is -0.670. The first kappa shape index (κ1) is 14.4. The zero-order valence-electron chi connectivity index (χ0n) is 11.1. The van der Waals surface area contributed by atoms with Crippen LogP contribution in [0.15, 0.2) is 12.4 Å². The smallest absolute Gasteiger partial charge is 0.133 e. The zero-order chi connectivity index (χ0) is 12.8. The molecule has 2 unspecified atom stereocenters. The molecule has 1 aromatic rings. The first-order chi connectivity index (χ1) is 8.06. The molecule has 0 aliphatic carbocycles. The Labute approximate surface area is 109 Å². The fraction of sp³-hybridized carbons (Fsp3) is 0.692. The van der Waals surface area contributed by atoms with Crippen molar-refractivity contribution < 1.29 is 0 Å². The van der Waals surface area contributed by atoms with E-state index < -0.39 is 0 Å². The highest BCUT2D eigenvalue weighted by Gasteiger charge is 2.24. The number of hydrogen-bond acceptors (Lipinski definition) is 3. The van der Waals surface area contributed by atoms with Gasteiger partial charge in [0.25, 0.3) is 0 Å². The van der Waals surface area contributed by atoms with Gasteiger partial charge < -0.3 is 5.32 Å². The Kier molecular flexibility index (Phi) is 5.86. The monoisotopic (exact) mass is 255 g/mol. The molecule has 4 heteroatoms. The van der Waals surface area contributed by atoms with Gasteiger partial charge in [0.1, 0.15) is 5.82 Å². The lowest BCUT2D eigenvalue weighted by Gasteiger charge is -2.27. The quantitative estimate of drug-likeness (QED) is 0.848. The summed E-state index contributed by atoms with van der Waals surface area (Å²) in [6.45, 7) is 9.79. The predicted molar refractivity (Wildman–Crippen MR) is 72.4 cm³/mol. The second-order valence-corrected chi connectivity index (χ2v) is 5.21. The van der Waals surface area contributed by atoms with Crippen molar-refractivity contribution in [1.29, 1.82) is 0 Å². The summed E-state index contributed by atoms with van der Waals surface area (Å²) in [5.41, 5.74) is 0. The Morgan fingerprint density at radius 1 is 1.24 bits per heavy atom. The molecule has 96 valence electrons. The summed E-state index contributed by atoms with van der Waals surface area (Å²) in [7, 11) is 0. The fourth-order valence-electron chi connectivity index (χ4n) is 2.09. The molecular formula is C13H22ClN3. The van der Waals surface area contributed by atoms with E-state index in [1.807, 2.05) is 0 Å². The maximum absolute atomic E-state index is 5.82. The van der Waals surface area contributed by atoms with Gasteiger partial charge in [0.05, 0.1) is 5.02 Å². The number of hydrogen-bond donors (Lipinski definition) is 1.